The van der Waals surface area contributed by atoms with Gasteiger partial charge in [0.2, 0.25) is 11.8 Å². The number of likely N-dealkylation sites (tertiary alicyclic amines) is 2. The van der Waals surface area contributed by atoms with Crippen LogP contribution in [0.4, 0.5) is 0 Å². The Balaban J connectivity index is 1.60. The van der Waals surface area contributed by atoms with Gasteiger partial charge in [0.15, 0.2) is 0 Å². The lowest BCUT2D eigenvalue weighted by atomic mass is 9.96. The van der Waals surface area contributed by atoms with E-state index >= 15 is 0 Å². The maximum atomic E-state index is 12.6. The monoisotopic (exact) mass is 308 g/mol. The van der Waals surface area contributed by atoms with Gasteiger partial charge in [-0.15, -0.1) is 0 Å². The Bertz CT molecular complexity index is 473. The summed E-state index contributed by atoms with van der Waals surface area (Å²) in [6.07, 6.45) is 6.10. The maximum absolute atomic E-state index is 12.6. The number of rotatable bonds is 3. The molecular formula is C16H24N2O4. The molecule has 2 heterocycles. The molecule has 6 nitrogen and oxygen atoms in total. The van der Waals surface area contributed by atoms with Gasteiger partial charge in [-0.3, -0.25) is 14.4 Å². The number of carbonyl (C=O) groups excluding carboxylic acids is 2. The summed E-state index contributed by atoms with van der Waals surface area (Å²) in [5.41, 5.74) is 0. The van der Waals surface area contributed by atoms with Gasteiger partial charge in [0.1, 0.15) is 0 Å². The molecule has 0 bridgehead atoms. The lowest BCUT2D eigenvalue weighted by molar-refractivity contribution is -0.146. The predicted octanol–water partition coefficient (Wildman–Crippen LogP) is 1.10. The maximum Gasteiger partial charge on any atom is 0.308 e. The SMILES string of the molecule is O=C(O)[C@@H]1CCCN(C(=O)[C@H]2CC(=O)N(C3CCCC3)C2)C1. The van der Waals surface area contributed by atoms with Gasteiger partial charge in [-0.1, -0.05) is 12.8 Å². The van der Waals surface area contributed by atoms with E-state index in [0.29, 0.717) is 38.5 Å². The summed E-state index contributed by atoms with van der Waals surface area (Å²) < 4.78 is 0. The standard InChI is InChI=1S/C16H24N2O4/c19-14-8-12(10-18(14)13-5-1-2-6-13)15(20)17-7-3-4-11(9-17)16(21)22/h11-13H,1-10H2,(H,21,22)/t11-,12+/m1/s1. The fourth-order valence-corrected chi connectivity index (χ4v) is 4.10. The number of hydrogen-bond acceptors (Lipinski definition) is 3. The van der Waals surface area contributed by atoms with E-state index in [2.05, 4.69) is 0 Å². The Morgan fingerprint density at radius 3 is 2.41 bits per heavy atom. The number of carbonyl (C=O) groups is 3. The van der Waals surface area contributed by atoms with Crippen LogP contribution in [-0.4, -0.2) is 58.4 Å². The highest BCUT2D eigenvalue weighted by Crippen LogP contribution is 2.31. The first-order valence-corrected chi connectivity index (χ1v) is 8.37. The van der Waals surface area contributed by atoms with Crippen LogP contribution in [0.5, 0.6) is 0 Å². The molecule has 0 spiro atoms. The highest BCUT2D eigenvalue weighted by Gasteiger charge is 2.41. The molecule has 6 heteroatoms. The van der Waals surface area contributed by atoms with Gasteiger partial charge in [0.05, 0.1) is 11.8 Å². The van der Waals surface area contributed by atoms with Crippen molar-refractivity contribution in [1.29, 1.82) is 0 Å². The van der Waals surface area contributed by atoms with Gasteiger partial charge in [0.25, 0.3) is 0 Å². The zero-order valence-corrected chi connectivity index (χ0v) is 12.9. The van der Waals surface area contributed by atoms with Crippen molar-refractivity contribution in [2.24, 2.45) is 11.8 Å². The number of amides is 2. The molecule has 3 aliphatic rings. The molecule has 1 aliphatic carbocycles. The zero-order valence-electron chi connectivity index (χ0n) is 12.9. The number of carboxylic acid groups (broad SMARTS) is 1. The second-order valence-electron chi connectivity index (χ2n) is 6.85. The molecule has 0 aromatic heterocycles. The van der Waals surface area contributed by atoms with Crippen molar-refractivity contribution in [1.82, 2.24) is 9.80 Å². The van der Waals surface area contributed by atoms with Crippen molar-refractivity contribution < 1.29 is 19.5 Å². The van der Waals surface area contributed by atoms with Gasteiger partial charge in [0, 0.05) is 32.1 Å². The molecule has 2 aliphatic heterocycles. The van der Waals surface area contributed by atoms with E-state index in [-0.39, 0.29) is 17.7 Å². The first-order valence-electron chi connectivity index (χ1n) is 8.37. The van der Waals surface area contributed by atoms with Crippen LogP contribution in [0.25, 0.3) is 0 Å². The lowest BCUT2D eigenvalue weighted by Crippen LogP contribution is -2.45. The molecule has 0 aromatic carbocycles. The van der Waals surface area contributed by atoms with E-state index in [1.54, 1.807) is 4.90 Å². The minimum Gasteiger partial charge on any atom is -0.481 e. The van der Waals surface area contributed by atoms with Crippen LogP contribution in [-0.2, 0) is 14.4 Å². The number of nitrogens with zero attached hydrogens (tertiary/aromatic N) is 2. The van der Waals surface area contributed by atoms with Crippen molar-refractivity contribution >= 4 is 17.8 Å². The van der Waals surface area contributed by atoms with Crippen molar-refractivity contribution in [3.05, 3.63) is 0 Å². The largest absolute Gasteiger partial charge is 0.481 e. The van der Waals surface area contributed by atoms with E-state index in [9.17, 15) is 14.4 Å². The van der Waals surface area contributed by atoms with E-state index in [0.717, 1.165) is 19.3 Å². The van der Waals surface area contributed by atoms with Crippen molar-refractivity contribution in [3.8, 4) is 0 Å². The molecule has 2 saturated heterocycles. The number of aliphatic carboxylic acids is 1. The first kappa shape index (κ1) is 15.3. The first-order chi connectivity index (χ1) is 10.6. The Morgan fingerprint density at radius 1 is 1.00 bits per heavy atom. The van der Waals surface area contributed by atoms with Crippen LogP contribution in [0.1, 0.15) is 44.9 Å². The number of hydrogen-bond donors (Lipinski definition) is 1. The molecule has 2 amide bonds. The third kappa shape index (κ3) is 2.96. The fraction of sp³-hybridized carbons (Fsp3) is 0.812. The Morgan fingerprint density at radius 2 is 1.73 bits per heavy atom. The van der Waals surface area contributed by atoms with Crippen LogP contribution < -0.4 is 0 Å². The van der Waals surface area contributed by atoms with Crippen LogP contribution in [0.2, 0.25) is 0 Å². The third-order valence-electron chi connectivity index (χ3n) is 5.36. The summed E-state index contributed by atoms with van der Waals surface area (Å²) in [6.45, 7) is 1.44. The summed E-state index contributed by atoms with van der Waals surface area (Å²) in [7, 11) is 0. The van der Waals surface area contributed by atoms with E-state index in [4.69, 9.17) is 5.11 Å². The second kappa shape index (κ2) is 6.26. The Kier molecular flexibility index (Phi) is 4.36. The highest BCUT2D eigenvalue weighted by atomic mass is 16.4. The zero-order chi connectivity index (χ0) is 15.7. The summed E-state index contributed by atoms with van der Waals surface area (Å²) in [6, 6.07) is 0.318. The van der Waals surface area contributed by atoms with Crippen LogP contribution in [0, 0.1) is 11.8 Å². The van der Waals surface area contributed by atoms with Gasteiger partial charge in [-0.25, -0.2) is 0 Å². The third-order valence-corrected chi connectivity index (χ3v) is 5.36. The van der Waals surface area contributed by atoms with E-state index < -0.39 is 11.9 Å². The van der Waals surface area contributed by atoms with Gasteiger partial charge < -0.3 is 14.9 Å². The van der Waals surface area contributed by atoms with E-state index in [1.807, 2.05) is 4.90 Å². The van der Waals surface area contributed by atoms with E-state index in [1.165, 1.54) is 12.8 Å². The second-order valence-corrected chi connectivity index (χ2v) is 6.85. The lowest BCUT2D eigenvalue weighted by Gasteiger charge is -2.32. The van der Waals surface area contributed by atoms with Crippen molar-refractivity contribution in [3.63, 3.8) is 0 Å². The molecule has 2 atom stereocenters. The van der Waals surface area contributed by atoms with Gasteiger partial charge in [-0.05, 0) is 25.7 Å². The molecule has 0 unspecified atom stereocenters. The summed E-state index contributed by atoms with van der Waals surface area (Å²) in [5.74, 6) is -1.49. The van der Waals surface area contributed by atoms with Crippen LogP contribution in [0.15, 0.2) is 0 Å². The normalized spacial score (nSPS) is 30.1. The topological polar surface area (TPSA) is 77.9 Å². The Labute approximate surface area is 130 Å². The minimum absolute atomic E-state index is 0.0280. The Hall–Kier alpha value is -1.59. The van der Waals surface area contributed by atoms with Gasteiger partial charge >= 0.3 is 5.97 Å². The molecule has 0 aromatic rings. The molecule has 3 rings (SSSR count). The summed E-state index contributed by atoms with van der Waals surface area (Å²) in [5, 5.41) is 9.13. The van der Waals surface area contributed by atoms with Crippen molar-refractivity contribution in [2.75, 3.05) is 19.6 Å². The molecule has 22 heavy (non-hydrogen) atoms. The molecular weight excluding hydrogens is 284 g/mol. The minimum atomic E-state index is -0.826. The average Bonchev–Trinajstić information content (AvgIpc) is 3.15. The quantitative estimate of drug-likeness (QED) is 0.847. The number of piperidine rings is 1. The van der Waals surface area contributed by atoms with Gasteiger partial charge in [-0.2, -0.15) is 0 Å². The summed E-state index contributed by atoms with van der Waals surface area (Å²) >= 11 is 0. The molecule has 3 fully saturated rings. The smallest absolute Gasteiger partial charge is 0.308 e. The summed E-state index contributed by atoms with van der Waals surface area (Å²) in [4.78, 5) is 39.5. The van der Waals surface area contributed by atoms with Crippen molar-refractivity contribution in [2.45, 2.75) is 51.0 Å². The molecule has 1 saturated carbocycles. The number of carboxylic acids is 1. The van der Waals surface area contributed by atoms with Crippen LogP contribution >= 0.6 is 0 Å². The van der Waals surface area contributed by atoms with Crippen LogP contribution in [0.3, 0.4) is 0 Å². The molecule has 1 N–H and O–H groups in total. The predicted molar refractivity (Wildman–Crippen MR) is 79.0 cm³/mol. The molecule has 0 radical (unpaired) electrons. The molecule has 122 valence electrons. The fourth-order valence-electron chi connectivity index (χ4n) is 4.10. The highest BCUT2D eigenvalue weighted by molar-refractivity contribution is 5.89. The average molecular weight is 308 g/mol.